The summed E-state index contributed by atoms with van der Waals surface area (Å²) in [4.78, 5) is 39.5. The molecule has 12 nitrogen and oxygen atoms in total. The molecule has 38 heavy (non-hydrogen) atoms. The molecule has 2 aliphatic heterocycles. The molecule has 6 rings (SSSR count). The van der Waals surface area contributed by atoms with Crippen molar-refractivity contribution in [1.29, 1.82) is 5.26 Å². The molecule has 1 amide bonds. The van der Waals surface area contributed by atoms with E-state index >= 15 is 0 Å². The van der Waals surface area contributed by atoms with E-state index in [-0.39, 0.29) is 41.5 Å². The zero-order chi connectivity index (χ0) is 26.6. The lowest BCUT2D eigenvalue weighted by Crippen LogP contribution is -2.48. The van der Waals surface area contributed by atoms with Crippen molar-refractivity contribution in [3.63, 3.8) is 0 Å². The second kappa shape index (κ2) is 8.38. The van der Waals surface area contributed by atoms with Crippen LogP contribution in [0.2, 0.25) is 0 Å². The van der Waals surface area contributed by atoms with Gasteiger partial charge in [0.1, 0.15) is 28.5 Å². The Hall–Kier alpha value is -5.31. The van der Waals surface area contributed by atoms with E-state index in [1.807, 2.05) is 6.07 Å². The summed E-state index contributed by atoms with van der Waals surface area (Å²) in [6.45, 7) is 0.000846. The molecule has 1 aromatic heterocycles. The molecule has 0 fully saturated rings. The van der Waals surface area contributed by atoms with E-state index in [9.17, 15) is 25.0 Å². The molecule has 1 atom stereocenters. The molecule has 2 aromatic carbocycles. The number of nitro groups is 1. The van der Waals surface area contributed by atoms with E-state index in [2.05, 4.69) is 10.3 Å². The fourth-order valence-electron chi connectivity index (χ4n) is 5.45. The number of hydrogen-bond acceptors (Lipinski definition) is 9. The SMILES string of the molecule is N#CC1=C(N)OC2=C(C(=O)CCC2)C12C(=O)N(Cc1cn(-c3ccc([N+](=O)[O-])cc3)nn1)c1ccccc12. The molecule has 0 bridgehead atoms. The number of para-hydroxylation sites is 1. The van der Waals surface area contributed by atoms with Crippen LogP contribution in [-0.2, 0) is 26.3 Å². The second-order valence-electron chi connectivity index (χ2n) is 9.11. The minimum Gasteiger partial charge on any atom is -0.444 e. The quantitative estimate of drug-likeness (QED) is 0.410. The molecule has 1 spiro atoms. The Morgan fingerprint density at radius 1 is 1.16 bits per heavy atom. The Morgan fingerprint density at radius 2 is 1.92 bits per heavy atom. The highest BCUT2D eigenvalue weighted by atomic mass is 16.6. The minimum absolute atomic E-state index is 0.000846. The number of nitrogens with zero attached hydrogens (tertiary/aromatic N) is 6. The molecule has 1 aliphatic carbocycles. The lowest BCUT2D eigenvalue weighted by Gasteiger charge is -2.37. The third kappa shape index (κ3) is 3.15. The molecule has 0 saturated heterocycles. The maximum atomic E-state index is 14.4. The molecule has 12 heteroatoms. The first kappa shape index (κ1) is 23.1. The Morgan fingerprint density at radius 3 is 2.66 bits per heavy atom. The summed E-state index contributed by atoms with van der Waals surface area (Å²) in [6.07, 6.45) is 2.84. The highest BCUT2D eigenvalue weighted by Gasteiger charge is 2.62. The average molecular weight is 509 g/mol. The van der Waals surface area contributed by atoms with Crippen LogP contribution in [0.1, 0.15) is 30.5 Å². The average Bonchev–Trinajstić information content (AvgIpc) is 3.47. The van der Waals surface area contributed by atoms with Crippen molar-refractivity contribution in [2.75, 3.05) is 4.90 Å². The number of nitrogens with two attached hydrogens (primary N) is 1. The van der Waals surface area contributed by atoms with Crippen molar-refractivity contribution in [2.45, 2.75) is 31.2 Å². The van der Waals surface area contributed by atoms with Gasteiger partial charge in [-0.3, -0.25) is 19.7 Å². The molecular formula is C26H19N7O5. The lowest BCUT2D eigenvalue weighted by molar-refractivity contribution is -0.384. The van der Waals surface area contributed by atoms with Crippen molar-refractivity contribution < 1.29 is 19.2 Å². The van der Waals surface area contributed by atoms with Crippen LogP contribution < -0.4 is 10.6 Å². The summed E-state index contributed by atoms with van der Waals surface area (Å²) in [5.41, 5.74) is 6.45. The number of carbonyl (C=O) groups excluding carboxylic acids is 2. The fraction of sp³-hybridized carbons (Fsp3) is 0.192. The van der Waals surface area contributed by atoms with Crippen molar-refractivity contribution in [2.24, 2.45) is 5.73 Å². The standard InChI is InChI=1S/C26H19N7O5/c27-12-19-24(28)38-22-7-3-6-21(34)23(22)26(19)18-4-1-2-5-20(18)31(25(26)35)13-15-14-32(30-29-15)16-8-10-17(11-9-16)33(36)37/h1-2,4-5,8-11,14H,3,6-7,13,28H2. The zero-order valence-corrected chi connectivity index (χ0v) is 19.8. The van der Waals surface area contributed by atoms with Gasteiger partial charge in [-0.1, -0.05) is 23.4 Å². The summed E-state index contributed by atoms with van der Waals surface area (Å²) in [5, 5.41) is 29.4. The van der Waals surface area contributed by atoms with Crippen LogP contribution in [0, 0.1) is 21.4 Å². The van der Waals surface area contributed by atoms with E-state index in [1.165, 1.54) is 21.7 Å². The molecule has 3 aromatic rings. The first-order valence-electron chi connectivity index (χ1n) is 11.8. The number of ketones is 1. The first-order chi connectivity index (χ1) is 18.4. The lowest BCUT2D eigenvalue weighted by atomic mass is 9.65. The van der Waals surface area contributed by atoms with Gasteiger partial charge in [0.15, 0.2) is 5.78 Å². The smallest absolute Gasteiger partial charge is 0.269 e. The van der Waals surface area contributed by atoms with Crippen LogP contribution in [0.3, 0.4) is 0 Å². The normalized spacial score (nSPS) is 20.3. The molecule has 3 heterocycles. The van der Waals surface area contributed by atoms with E-state index < -0.39 is 16.2 Å². The molecule has 0 saturated carbocycles. The number of aromatic nitrogens is 3. The number of anilines is 1. The fourth-order valence-corrected chi connectivity index (χ4v) is 5.45. The van der Waals surface area contributed by atoms with E-state index in [0.717, 1.165) is 0 Å². The van der Waals surface area contributed by atoms with E-state index in [4.69, 9.17) is 10.5 Å². The minimum atomic E-state index is -1.70. The second-order valence-corrected chi connectivity index (χ2v) is 9.11. The summed E-state index contributed by atoms with van der Waals surface area (Å²) in [5.74, 6) is -0.600. The van der Waals surface area contributed by atoms with Gasteiger partial charge >= 0.3 is 0 Å². The Bertz CT molecular complexity index is 1650. The molecule has 2 N–H and O–H groups in total. The first-order valence-corrected chi connectivity index (χ1v) is 11.8. The highest BCUT2D eigenvalue weighted by Crippen LogP contribution is 2.55. The van der Waals surface area contributed by atoms with Gasteiger partial charge in [0.05, 0.1) is 28.9 Å². The predicted molar refractivity (Wildman–Crippen MR) is 131 cm³/mol. The number of Topliss-reactive ketones (excluding diaryl/α,β-unsaturated/α-hetero) is 1. The number of hydrogen-bond donors (Lipinski definition) is 1. The zero-order valence-electron chi connectivity index (χ0n) is 19.8. The van der Waals surface area contributed by atoms with Gasteiger partial charge in [-0.25, -0.2) is 4.68 Å². The molecule has 0 radical (unpaired) electrons. The number of rotatable bonds is 4. The van der Waals surface area contributed by atoms with E-state index in [0.29, 0.717) is 41.2 Å². The van der Waals surface area contributed by atoms with Crippen LogP contribution in [0.4, 0.5) is 11.4 Å². The van der Waals surface area contributed by atoms with Crippen molar-refractivity contribution in [1.82, 2.24) is 15.0 Å². The van der Waals surface area contributed by atoms with Gasteiger partial charge in [0, 0.05) is 36.2 Å². The number of ether oxygens (including phenoxy) is 1. The van der Waals surface area contributed by atoms with Crippen LogP contribution in [0.5, 0.6) is 0 Å². The number of non-ortho nitro benzene ring substituents is 1. The molecule has 188 valence electrons. The van der Waals surface area contributed by atoms with Gasteiger partial charge in [0.25, 0.3) is 5.69 Å². The Labute approximate surface area is 215 Å². The largest absolute Gasteiger partial charge is 0.444 e. The monoisotopic (exact) mass is 509 g/mol. The third-order valence-corrected chi connectivity index (χ3v) is 7.06. The maximum absolute atomic E-state index is 14.4. The summed E-state index contributed by atoms with van der Waals surface area (Å²) in [6, 6.07) is 14.8. The van der Waals surface area contributed by atoms with Gasteiger partial charge in [-0.15, -0.1) is 5.10 Å². The van der Waals surface area contributed by atoms with Gasteiger partial charge in [0.2, 0.25) is 11.8 Å². The Kier molecular flexibility index (Phi) is 5.09. The molecule has 3 aliphatic rings. The maximum Gasteiger partial charge on any atom is 0.269 e. The molecule has 1 unspecified atom stereocenters. The van der Waals surface area contributed by atoms with Crippen LogP contribution in [-0.4, -0.2) is 31.6 Å². The van der Waals surface area contributed by atoms with Gasteiger partial charge in [-0.2, -0.15) is 5.26 Å². The number of carbonyl (C=O) groups is 2. The van der Waals surface area contributed by atoms with Crippen molar-refractivity contribution >= 4 is 23.1 Å². The summed E-state index contributed by atoms with van der Waals surface area (Å²) in [7, 11) is 0. The van der Waals surface area contributed by atoms with Crippen molar-refractivity contribution in [3.8, 4) is 11.8 Å². The summed E-state index contributed by atoms with van der Waals surface area (Å²) < 4.78 is 7.14. The number of amides is 1. The Balaban J connectivity index is 1.43. The molecular weight excluding hydrogens is 490 g/mol. The topological polar surface area (TPSA) is 170 Å². The number of benzene rings is 2. The summed E-state index contributed by atoms with van der Waals surface area (Å²) >= 11 is 0. The van der Waals surface area contributed by atoms with E-state index in [1.54, 1.807) is 42.6 Å². The number of fused-ring (bicyclic) bond motifs is 3. The predicted octanol–water partition coefficient (Wildman–Crippen LogP) is 2.69. The number of nitriles is 1. The van der Waals surface area contributed by atoms with Crippen molar-refractivity contribution in [3.05, 3.63) is 98.9 Å². The number of allylic oxidation sites excluding steroid dienone is 1. The van der Waals surface area contributed by atoms with Gasteiger partial charge in [-0.05, 0) is 24.6 Å². The highest BCUT2D eigenvalue weighted by molar-refractivity contribution is 6.19. The van der Waals surface area contributed by atoms with Crippen LogP contribution in [0.15, 0.2) is 77.5 Å². The third-order valence-electron chi connectivity index (χ3n) is 7.06. The van der Waals surface area contributed by atoms with Crippen LogP contribution in [0.25, 0.3) is 5.69 Å². The van der Waals surface area contributed by atoms with Crippen LogP contribution >= 0.6 is 0 Å². The van der Waals surface area contributed by atoms with Gasteiger partial charge < -0.3 is 15.4 Å². The number of nitro benzene ring substituents is 1.